The number of carbonyl (C=O) groups excluding carboxylic acids is 1. The number of amides is 1. The fourth-order valence-electron chi connectivity index (χ4n) is 4.32. The van der Waals surface area contributed by atoms with Gasteiger partial charge < -0.3 is 9.64 Å². The SMILES string of the molecule is Cc1cc(C)n(-c2nc(SCC(=O)N3CCCC3)c3c4c(sc3n2)COC(C)(C)C4)n1. The number of aromatic nitrogens is 4. The van der Waals surface area contributed by atoms with Crippen molar-refractivity contribution in [3.05, 3.63) is 27.9 Å². The van der Waals surface area contributed by atoms with Crippen LogP contribution in [-0.4, -0.2) is 55.0 Å². The third-order valence-electron chi connectivity index (χ3n) is 5.88. The molecular formula is C22H27N5O2S2. The van der Waals surface area contributed by atoms with Gasteiger partial charge in [0.15, 0.2) is 0 Å². The van der Waals surface area contributed by atoms with E-state index in [1.54, 1.807) is 16.0 Å². The molecule has 1 saturated heterocycles. The van der Waals surface area contributed by atoms with Gasteiger partial charge in [-0.3, -0.25) is 4.79 Å². The van der Waals surface area contributed by atoms with Gasteiger partial charge in [-0.1, -0.05) is 11.8 Å². The van der Waals surface area contributed by atoms with Crippen molar-refractivity contribution in [3.63, 3.8) is 0 Å². The zero-order chi connectivity index (χ0) is 21.8. The topological polar surface area (TPSA) is 73.1 Å². The Hall–Kier alpha value is -1.97. The first-order valence-corrected chi connectivity index (χ1v) is 12.5. The van der Waals surface area contributed by atoms with Crippen LogP contribution < -0.4 is 0 Å². The van der Waals surface area contributed by atoms with Crippen LogP contribution in [0.4, 0.5) is 0 Å². The highest BCUT2D eigenvalue weighted by molar-refractivity contribution is 8.00. The van der Waals surface area contributed by atoms with Crippen molar-refractivity contribution in [2.24, 2.45) is 0 Å². The Morgan fingerprint density at radius 3 is 2.74 bits per heavy atom. The summed E-state index contributed by atoms with van der Waals surface area (Å²) in [7, 11) is 0. The molecule has 0 N–H and O–H groups in total. The number of hydrogen-bond acceptors (Lipinski definition) is 7. The zero-order valence-electron chi connectivity index (χ0n) is 18.4. The molecule has 164 valence electrons. The van der Waals surface area contributed by atoms with Crippen LogP contribution in [0.3, 0.4) is 0 Å². The smallest absolute Gasteiger partial charge is 0.253 e. The lowest BCUT2D eigenvalue weighted by Gasteiger charge is -2.30. The lowest BCUT2D eigenvalue weighted by molar-refractivity contribution is -0.127. The quantitative estimate of drug-likeness (QED) is 0.435. The molecule has 7 nitrogen and oxygen atoms in total. The van der Waals surface area contributed by atoms with E-state index in [9.17, 15) is 4.79 Å². The summed E-state index contributed by atoms with van der Waals surface area (Å²) >= 11 is 3.20. The first-order valence-electron chi connectivity index (χ1n) is 10.7. The summed E-state index contributed by atoms with van der Waals surface area (Å²) in [6.45, 7) is 10.5. The van der Waals surface area contributed by atoms with Crippen LogP contribution in [0.25, 0.3) is 16.2 Å². The maximum atomic E-state index is 12.7. The molecule has 0 radical (unpaired) electrons. The zero-order valence-corrected chi connectivity index (χ0v) is 20.0. The largest absolute Gasteiger partial charge is 0.370 e. The van der Waals surface area contributed by atoms with Gasteiger partial charge in [-0.15, -0.1) is 11.3 Å². The summed E-state index contributed by atoms with van der Waals surface area (Å²) in [4.78, 5) is 26.6. The van der Waals surface area contributed by atoms with Crippen molar-refractivity contribution in [3.8, 4) is 5.95 Å². The highest BCUT2D eigenvalue weighted by atomic mass is 32.2. The maximum Gasteiger partial charge on any atom is 0.253 e. The van der Waals surface area contributed by atoms with E-state index in [0.29, 0.717) is 18.3 Å². The van der Waals surface area contributed by atoms with Crippen LogP contribution in [-0.2, 0) is 22.6 Å². The minimum absolute atomic E-state index is 0.190. The van der Waals surface area contributed by atoms with E-state index >= 15 is 0 Å². The van der Waals surface area contributed by atoms with Crippen molar-refractivity contribution in [2.75, 3.05) is 18.8 Å². The average molecular weight is 458 g/mol. The van der Waals surface area contributed by atoms with E-state index < -0.39 is 0 Å². The Labute approximate surface area is 190 Å². The molecule has 5 heterocycles. The minimum atomic E-state index is -0.220. The summed E-state index contributed by atoms with van der Waals surface area (Å²) < 4.78 is 7.83. The van der Waals surface area contributed by atoms with Gasteiger partial charge in [-0.05, 0) is 52.2 Å². The third-order valence-corrected chi connectivity index (χ3v) is 7.94. The van der Waals surface area contributed by atoms with Crippen molar-refractivity contribution in [2.45, 2.75) is 64.2 Å². The van der Waals surface area contributed by atoms with Gasteiger partial charge in [0.25, 0.3) is 5.95 Å². The molecule has 31 heavy (non-hydrogen) atoms. The number of ether oxygens (including phenoxy) is 1. The van der Waals surface area contributed by atoms with Crippen LogP contribution in [0.1, 0.15) is 48.5 Å². The van der Waals surface area contributed by atoms with Crippen molar-refractivity contribution in [1.82, 2.24) is 24.6 Å². The lowest BCUT2D eigenvalue weighted by Crippen LogP contribution is -2.31. The Morgan fingerprint density at radius 2 is 2.03 bits per heavy atom. The molecule has 0 bridgehead atoms. The molecule has 0 unspecified atom stereocenters. The molecule has 3 aromatic rings. The molecular weight excluding hydrogens is 430 g/mol. The third kappa shape index (κ3) is 3.99. The van der Waals surface area contributed by atoms with Crippen LogP contribution in [0, 0.1) is 13.8 Å². The molecule has 0 aromatic carbocycles. The van der Waals surface area contributed by atoms with Crippen LogP contribution in [0.15, 0.2) is 11.1 Å². The summed E-state index contributed by atoms with van der Waals surface area (Å²) in [6, 6.07) is 2.02. The first-order chi connectivity index (χ1) is 14.8. The van der Waals surface area contributed by atoms with Crippen molar-refractivity contribution in [1.29, 1.82) is 0 Å². The molecule has 0 aliphatic carbocycles. The average Bonchev–Trinajstić information content (AvgIpc) is 3.43. The highest BCUT2D eigenvalue weighted by Gasteiger charge is 2.31. The number of hydrogen-bond donors (Lipinski definition) is 0. The van der Waals surface area contributed by atoms with Gasteiger partial charge >= 0.3 is 0 Å². The monoisotopic (exact) mass is 457 g/mol. The van der Waals surface area contributed by atoms with Gasteiger partial charge in [0.2, 0.25) is 5.91 Å². The molecule has 5 rings (SSSR count). The van der Waals surface area contributed by atoms with Gasteiger partial charge in [0, 0.05) is 35.5 Å². The Balaban J connectivity index is 1.58. The molecule has 0 spiro atoms. The Kier molecular flexibility index (Phi) is 5.30. The van der Waals surface area contributed by atoms with Crippen LogP contribution >= 0.6 is 23.1 Å². The molecule has 2 aliphatic heterocycles. The van der Waals surface area contributed by atoms with Crippen molar-refractivity contribution >= 4 is 39.2 Å². The maximum absolute atomic E-state index is 12.7. The van der Waals surface area contributed by atoms with E-state index in [0.717, 1.165) is 59.0 Å². The van der Waals surface area contributed by atoms with E-state index in [2.05, 4.69) is 18.9 Å². The summed E-state index contributed by atoms with van der Waals surface area (Å²) in [5.41, 5.74) is 2.97. The van der Waals surface area contributed by atoms with Crippen LogP contribution in [0.5, 0.6) is 0 Å². The normalized spacial score (nSPS) is 18.0. The van der Waals surface area contributed by atoms with Gasteiger partial charge in [-0.2, -0.15) is 10.1 Å². The van der Waals surface area contributed by atoms with E-state index in [-0.39, 0.29) is 11.5 Å². The first kappa shape index (κ1) is 20.9. The second kappa shape index (κ2) is 7.86. The van der Waals surface area contributed by atoms with E-state index in [4.69, 9.17) is 14.7 Å². The fraction of sp³-hybridized carbons (Fsp3) is 0.545. The Bertz CT molecular complexity index is 1160. The summed E-state index contributed by atoms with van der Waals surface area (Å²) in [5, 5.41) is 6.53. The van der Waals surface area contributed by atoms with Gasteiger partial charge in [0.1, 0.15) is 9.86 Å². The number of thiophene rings is 1. The molecule has 3 aromatic heterocycles. The number of carbonyl (C=O) groups is 1. The molecule has 0 saturated carbocycles. The predicted octanol–water partition coefficient (Wildman–Crippen LogP) is 4.06. The molecule has 1 fully saturated rings. The second-order valence-electron chi connectivity index (χ2n) is 8.95. The lowest BCUT2D eigenvalue weighted by atomic mass is 9.95. The summed E-state index contributed by atoms with van der Waals surface area (Å²) in [6.07, 6.45) is 3.02. The predicted molar refractivity (Wildman–Crippen MR) is 123 cm³/mol. The molecule has 0 atom stereocenters. The summed E-state index contributed by atoms with van der Waals surface area (Å²) in [5.74, 6) is 1.15. The molecule has 1 amide bonds. The number of likely N-dealkylation sites (tertiary alicyclic amines) is 1. The standard InChI is InChI=1S/C22H27N5O2S2/c1-13-9-14(2)27(25-13)21-23-19(30-12-17(28)26-7-5-6-8-26)18-15-10-22(3,4)29-11-16(15)31-20(18)24-21/h9H,5-8,10-12H2,1-4H3. The van der Waals surface area contributed by atoms with E-state index in [1.165, 1.54) is 22.2 Å². The number of rotatable bonds is 4. The Morgan fingerprint density at radius 1 is 1.26 bits per heavy atom. The number of aryl methyl sites for hydroxylation is 2. The van der Waals surface area contributed by atoms with Crippen molar-refractivity contribution < 1.29 is 9.53 Å². The fourth-order valence-corrected chi connectivity index (χ4v) is 6.44. The number of thioether (sulfide) groups is 1. The van der Waals surface area contributed by atoms with Crippen LogP contribution in [0.2, 0.25) is 0 Å². The number of fused-ring (bicyclic) bond motifs is 3. The van der Waals surface area contributed by atoms with E-state index in [1.807, 2.05) is 24.8 Å². The van der Waals surface area contributed by atoms with Gasteiger partial charge in [-0.25, -0.2) is 9.67 Å². The minimum Gasteiger partial charge on any atom is -0.370 e. The number of nitrogens with zero attached hydrogens (tertiary/aromatic N) is 5. The highest BCUT2D eigenvalue weighted by Crippen LogP contribution is 2.42. The van der Waals surface area contributed by atoms with Gasteiger partial charge in [0.05, 0.1) is 23.7 Å². The molecule has 2 aliphatic rings. The second-order valence-corrected chi connectivity index (χ2v) is 11.0. The molecule has 9 heteroatoms.